The van der Waals surface area contributed by atoms with Crippen molar-refractivity contribution in [2.24, 2.45) is 0 Å². The van der Waals surface area contributed by atoms with Gasteiger partial charge in [-0.15, -0.1) is 0 Å². The predicted octanol–water partition coefficient (Wildman–Crippen LogP) is 4.88. The molecule has 0 saturated heterocycles. The Kier molecular flexibility index (Phi) is 6.00. The highest BCUT2D eigenvalue weighted by Gasteiger charge is 2.21. The fourth-order valence-electron chi connectivity index (χ4n) is 2.09. The zero-order chi connectivity index (χ0) is 17.4. The highest BCUT2D eigenvalue weighted by atomic mass is 79.9. The maximum absolute atomic E-state index is 6.20. The van der Waals surface area contributed by atoms with Crippen LogP contribution in [0.4, 0.5) is 5.95 Å². The zero-order valence-electron chi connectivity index (χ0n) is 14.0. The summed E-state index contributed by atoms with van der Waals surface area (Å²) < 4.78 is 8.53. The first kappa shape index (κ1) is 19.0. The Balaban J connectivity index is 2.38. The third kappa shape index (κ3) is 4.39. The standard InChI is InChI=1S/C14H21BrCl2N4OSi/c1-20(2)14-18-10-11(9(15)12(16)19-13(10)17)21(14)8-22-6-7-23(3,4)5/h6-8H2,1-5H3. The van der Waals surface area contributed by atoms with Crippen LogP contribution in [0.1, 0.15) is 0 Å². The Bertz CT molecular complexity index is 715. The average Bonchev–Trinajstić information content (AvgIpc) is 2.80. The van der Waals surface area contributed by atoms with Gasteiger partial charge < -0.3 is 9.64 Å². The largest absolute Gasteiger partial charge is 0.361 e. The van der Waals surface area contributed by atoms with E-state index in [9.17, 15) is 0 Å². The molecule has 2 aromatic rings. The highest BCUT2D eigenvalue weighted by Crippen LogP contribution is 2.35. The Morgan fingerprint density at radius 3 is 2.39 bits per heavy atom. The van der Waals surface area contributed by atoms with E-state index in [2.05, 4.69) is 45.5 Å². The molecule has 0 spiro atoms. The summed E-state index contributed by atoms with van der Waals surface area (Å²) in [5.74, 6) is 0.750. The summed E-state index contributed by atoms with van der Waals surface area (Å²) >= 11 is 15.8. The molecule has 5 nitrogen and oxygen atoms in total. The van der Waals surface area contributed by atoms with E-state index in [0.29, 0.717) is 21.9 Å². The van der Waals surface area contributed by atoms with E-state index in [4.69, 9.17) is 27.9 Å². The lowest BCUT2D eigenvalue weighted by Gasteiger charge is -2.18. The molecule has 128 valence electrons. The van der Waals surface area contributed by atoms with Crippen LogP contribution in [-0.4, -0.2) is 43.3 Å². The Labute approximate surface area is 156 Å². The molecule has 2 rings (SSSR count). The lowest BCUT2D eigenvalue weighted by atomic mass is 10.4. The van der Waals surface area contributed by atoms with Gasteiger partial charge in [0, 0.05) is 28.8 Å². The summed E-state index contributed by atoms with van der Waals surface area (Å²) in [7, 11) is 2.74. The van der Waals surface area contributed by atoms with Crippen molar-refractivity contribution in [3.8, 4) is 0 Å². The summed E-state index contributed by atoms with van der Waals surface area (Å²) in [6.45, 7) is 8.11. The minimum Gasteiger partial charge on any atom is -0.361 e. The van der Waals surface area contributed by atoms with Gasteiger partial charge in [-0.1, -0.05) is 42.8 Å². The number of fused-ring (bicyclic) bond motifs is 1. The van der Waals surface area contributed by atoms with Gasteiger partial charge in [-0.2, -0.15) is 0 Å². The van der Waals surface area contributed by atoms with Gasteiger partial charge in [0.2, 0.25) is 5.95 Å². The number of nitrogens with zero attached hydrogens (tertiary/aromatic N) is 4. The number of hydrogen-bond donors (Lipinski definition) is 0. The van der Waals surface area contributed by atoms with Gasteiger partial charge in [0.25, 0.3) is 0 Å². The Morgan fingerprint density at radius 2 is 1.83 bits per heavy atom. The van der Waals surface area contributed by atoms with Crippen molar-refractivity contribution in [2.45, 2.75) is 32.4 Å². The van der Waals surface area contributed by atoms with Crippen molar-refractivity contribution in [2.75, 3.05) is 25.6 Å². The molecule has 0 radical (unpaired) electrons. The topological polar surface area (TPSA) is 43.2 Å². The van der Waals surface area contributed by atoms with Crippen molar-refractivity contribution in [3.63, 3.8) is 0 Å². The van der Waals surface area contributed by atoms with Gasteiger partial charge in [-0.05, 0) is 22.0 Å². The Morgan fingerprint density at radius 1 is 1.17 bits per heavy atom. The molecule has 2 aromatic heterocycles. The second-order valence-electron chi connectivity index (χ2n) is 6.79. The van der Waals surface area contributed by atoms with E-state index in [1.165, 1.54) is 0 Å². The van der Waals surface area contributed by atoms with Gasteiger partial charge in [0.1, 0.15) is 17.4 Å². The van der Waals surface area contributed by atoms with E-state index in [-0.39, 0.29) is 5.15 Å². The molecule has 0 aliphatic heterocycles. The van der Waals surface area contributed by atoms with Crippen LogP contribution in [0, 0.1) is 0 Å². The summed E-state index contributed by atoms with van der Waals surface area (Å²) in [6, 6.07) is 1.11. The average molecular weight is 440 g/mol. The van der Waals surface area contributed by atoms with Crippen LogP contribution in [0.15, 0.2) is 4.47 Å². The molecule has 0 aromatic carbocycles. The van der Waals surface area contributed by atoms with E-state index >= 15 is 0 Å². The number of aromatic nitrogens is 3. The number of hydrogen-bond acceptors (Lipinski definition) is 4. The molecular formula is C14H21BrCl2N4OSi. The van der Waals surface area contributed by atoms with Crippen molar-refractivity contribution < 1.29 is 4.74 Å². The summed E-state index contributed by atoms with van der Waals surface area (Å²) in [6.07, 6.45) is 0. The number of anilines is 1. The summed E-state index contributed by atoms with van der Waals surface area (Å²) in [4.78, 5) is 10.6. The monoisotopic (exact) mass is 438 g/mol. The minimum atomic E-state index is -1.12. The van der Waals surface area contributed by atoms with Crippen LogP contribution in [0.2, 0.25) is 36.0 Å². The molecule has 0 aliphatic rings. The van der Waals surface area contributed by atoms with Gasteiger partial charge in [-0.25, -0.2) is 9.97 Å². The van der Waals surface area contributed by atoms with Gasteiger partial charge in [-0.3, -0.25) is 4.57 Å². The molecule has 0 atom stereocenters. The second kappa shape index (κ2) is 7.27. The van der Waals surface area contributed by atoms with Crippen molar-refractivity contribution >= 4 is 64.2 Å². The normalized spacial score (nSPS) is 12.2. The van der Waals surface area contributed by atoms with Crippen molar-refractivity contribution in [3.05, 3.63) is 14.8 Å². The van der Waals surface area contributed by atoms with Crippen LogP contribution in [0.3, 0.4) is 0 Å². The molecule has 0 unspecified atom stereocenters. The third-order valence-electron chi connectivity index (χ3n) is 3.34. The maximum Gasteiger partial charge on any atom is 0.208 e. The van der Waals surface area contributed by atoms with Crippen LogP contribution < -0.4 is 4.90 Å². The van der Waals surface area contributed by atoms with Gasteiger partial charge in [0.05, 0.1) is 9.99 Å². The number of halogens is 3. The number of ether oxygens (including phenoxy) is 1. The van der Waals surface area contributed by atoms with Crippen LogP contribution in [-0.2, 0) is 11.5 Å². The fraction of sp³-hybridized carbons (Fsp3) is 0.571. The van der Waals surface area contributed by atoms with Gasteiger partial charge >= 0.3 is 0 Å². The van der Waals surface area contributed by atoms with Gasteiger partial charge in [0.15, 0.2) is 5.15 Å². The third-order valence-corrected chi connectivity index (χ3v) is 6.57. The smallest absolute Gasteiger partial charge is 0.208 e. The fourth-order valence-corrected chi connectivity index (χ4v) is 3.77. The van der Waals surface area contributed by atoms with Crippen LogP contribution >= 0.6 is 39.1 Å². The summed E-state index contributed by atoms with van der Waals surface area (Å²) in [5.41, 5.74) is 1.41. The first-order valence-electron chi connectivity index (χ1n) is 7.27. The molecule has 0 bridgehead atoms. The van der Waals surface area contributed by atoms with E-state index in [1.807, 2.05) is 23.6 Å². The number of pyridine rings is 1. The van der Waals surface area contributed by atoms with Crippen molar-refractivity contribution in [1.29, 1.82) is 0 Å². The number of imidazole rings is 1. The summed E-state index contributed by atoms with van der Waals surface area (Å²) in [5, 5.41) is 0.605. The first-order valence-corrected chi connectivity index (χ1v) is 12.5. The molecule has 2 heterocycles. The van der Waals surface area contributed by atoms with Crippen molar-refractivity contribution in [1.82, 2.24) is 14.5 Å². The first-order chi connectivity index (χ1) is 10.6. The minimum absolute atomic E-state index is 0.289. The van der Waals surface area contributed by atoms with E-state index < -0.39 is 8.07 Å². The van der Waals surface area contributed by atoms with E-state index in [1.54, 1.807) is 0 Å². The molecule has 0 aliphatic carbocycles. The maximum atomic E-state index is 6.20. The lowest BCUT2D eigenvalue weighted by Crippen LogP contribution is -2.22. The molecule has 23 heavy (non-hydrogen) atoms. The molecule has 0 fully saturated rings. The number of rotatable bonds is 6. The van der Waals surface area contributed by atoms with Crippen LogP contribution in [0.25, 0.3) is 11.0 Å². The second-order valence-corrected chi connectivity index (χ2v) is 13.9. The quantitative estimate of drug-likeness (QED) is 0.365. The molecule has 0 saturated carbocycles. The lowest BCUT2D eigenvalue weighted by molar-refractivity contribution is 0.0907. The zero-order valence-corrected chi connectivity index (χ0v) is 18.1. The molecule has 0 N–H and O–H groups in total. The predicted molar refractivity (Wildman–Crippen MR) is 104 cm³/mol. The Hall–Kier alpha value is -0.343. The molecular weight excluding hydrogens is 419 g/mol. The van der Waals surface area contributed by atoms with Crippen LogP contribution in [0.5, 0.6) is 0 Å². The highest BCUT2D eigenvalue weighted by molar-refractivity contribution is 9.10. The van der Waals surface area contributed by atoms with E-state index in [0.717, 1.165) is 24.1 Å². The molecule has 0 amide bonds. The SMILES string of the molecule is CN(C)c1nc2c(Cl)nc(Cl)c(Br)c2n1COCC[Si](C)(C)C. The molecule has 9 heteroatoms.